The summed E-state index contributed by atoms with van der Waals surface area (Å²) in [5.41, 5.74) is 0. The lowest BCUT2D eigenvalue weighted by Crippen LogP contribution is -2.14. The summed E-state index contributed by atoms with van der Waals surface area (Å²) in [7, 11) is 1.70. The first-order valence-electron chi connectivity index (χ1n) is 4.54. The van der Waals surface area contributed by atoms with Crippen molar-refractivity contribution < 1.29 is 4.74 Å². The number of rotatable bonds is 5. The lowest BCUT2D eigenvalue weighted by atomic mass is 10.5. The van der Waals surface area contributed by atoms with Crippen molar-refractivity contribution in [2.24, 2.45) is 0 Å². The summed E-state index contributed by atoms with van der Waals surface area (Å²) in [5, 5.41) is 4.52. The minimum absolute atomic E-state index is 0.633. The maximum Gasteiger partial charge on any atom is 0.119 e. The van der Waals surface area contributed by atoms with Crippen molar-refractivity contribution in [2.75, 3.05) is 7.11 Å². The topological polar surface area (TPSA) is 34.1 Å². The summed E-state index contributed by atoms with van der Waals surface area (Å²) in [6.45, 7) is 1.60. The van der Waals surface area contributed by atoms with Crippen LogP contribution in [0.5, 0.6) is 0 Å². The van der Waals surface area contributed by atoms with Crippen LogP contribution in [0.25, 0.3) is 0 Å². The highest BCUT2D eigenvalue weighted by molar-refractivity contribution is 7.11. The quantitative estimate of drug-likeness (QED) is 0.779. The number of methoxy groups -OCH3 is 1. The van der Waals surface area contributed by atoms with Crippen molar-refractivity contribution in [2.45, 2.75) is 32.0 Å². The van der Waals surface area contributed by atoms with E-state index in [1.807, 2.05) is 6.20 Å². The van der Waals surface area contributed by atoms with Gasteiger partial charge in [-0.3, -0.25) is 0 Å². The molecule has 1 saturated carbocycles. The zero-order valence-corrected chi connectivity index (χ0v) is 8.56. The first kappa shape index (κ1) is 9.12. The highest BCUT2D eigenvalue weighted by atomic mass is 32.1. The Labute approximate surface area is 82.1 Å². The molecule has 0 amide bonds. The number of ether oxygens (including phenoxy) is 1. The average molecular weight is 198 g/mol. The van der Waals surface area contributed by atoms with E-state index in [0.717, 1.165) is 17.6 Å². The molecule has 3 nitrogen and oxygen atoms in total. The van der Waals surface area contributed by atoms with E-state index in [9.17, 15) is 0 Å². The van der Waals surface area contributed by atoms with Crippen molar-refractivity contribution in [3.63, 3.8) is 0 Å². The van der Waals surface area contributed by atoms with Crippen LogP contribution in [0.3, 0.4) is 0 Å². The summed E-state index contributed by atoms with van der Waals surface area (Å²) in [6.07, 6.45) is 4.61. The lowest BCUT2D eigenvalue weighted by Gasteiger charge is -1.96. The Kier molecular flexibility index (Phi) is 2.93. The van der Waals surface area contributed by atoms with Gasteiger partial charge in [-0.25, -0.2) is 4.98 Å². The summed E-state index contributed by atoms with van der Waals surface area (Å²) in [6, 6.07) is 0.771. The van der Waals surface area contributed by atoms with E-state index in [2.05, 4.69) is 10.3 Å². The minimum Gasteiger partial charge on any atom is -0.378 e. The highest BCUT2D eigenvalue weighted by Crippen LogP contribution is 2.20. The average Bonchev–Trinajstić information content (AvgIpc) is 2.85. The molecule has 0 aromatic carbocycles. The number of hydrogen-bond acceptors (Lipinski definition) is 4. The maximum absolute atomic E-state index is 5.01. The molecule has 72 valence electrons. The zero-order valence-electron chi connectivity index (χ0n) is 7.75. The number of nitrogens with zero attached hydrogens (tertiary/aromatic N) is 1. The van der Waals surface area contributed by atoms with E-state index in [1.165, 1.54) is 17.7 Å². The standard InChI is InChI=1S/C9H14N2OS/c1-12-6-9-11-5-8(13-9)4-10-7-2-3-7/h5,7,10H,2-4,6H2,1H3. The van der Waals surface area contributed by atoms with Gasteiger partial charge in [-0.15, -0.1) is 11.3 Å². The molecule has 0 spiro atoms. The number of thiazole rings is 1. The van der Waals surface area contributed by atoms with Gasteiger partial charge in [0.15, 0.2) is 0 Å². The molecular weight excluding hydrogens is 184 g/mol. The van der Waals surface area contributed by atoms with Crippen LogP contribution < -0.4 is 5.32 Å². The van der Waals surface area contributed by atoms with Crippen LogP contribution in [-0.2, 0) is 17.9 Å². The number of hydrogen-bond donors (Lipinski definition) is 1. The summed E-state index contributed by atoms with van der Waals surface area (Å²) in [5.74, 6) is 0. The van der Waals surface area contributed by atoms with Gasteiger partial charge < -0.3 is 10.1 Å². The second-order valence-electron chi connectivity index (χ2n) is 3.31. The third-order valence-electron chi connectivity index (χ3n) is 2.01. The Morgan fingerprint density at radius 3 is 3.23 bits per heavy atom. The van der Waals surface area contributed by atoms with E-state index in [0.29, 0.717) is 6.61 Å². The van der Waals surface area contributed by atoms with E-state index in [4.69, 9.17) is 4.74 Å². The molecule has 1 fully saturated rings. The Morgan fingerprint density at radius 1 is 1.69 bits per heavy atom. The van der Waals surface area contributed by atoms with Gasteiger partial charge in [0.25, 0.3) is 0 Å². The van der Waals surface area contributed by atoms with E-state index < -0.39 is 0 Å². The second kappa shape index (κ2) is 4.17. The molecule has 0 unspecified atom stereocenters. The largest absolute Gasteiger partial charge is 0.378 e. The molecule has 0 radical (unpaired) electrons. The molecule has 13 heavy (non-hydrogen) atoms. The second-order valence-corrected chi connectivity index (χ2v) is 4.51. The lowest BCUT2D eigenvalue weighted by molar-refractivity contribution is 0.184. The Morgan fingerprint density at radius 2 is 2.54 bits per heavy atom. The first-order chi connectivity index (χ1) is 6.38. The molecule has 0 saturated heterocycles. The van der Waals surface area contributed by atoms with Crippen LogP contribution in [0.2, 0.25) is 0 Å². The minimum atomic E-state index is 0.633. The summed E-state index contributed by atoms with van der Waals surface area (Å²) in [4.78, 5) is 5.56. The van der Waals surface area contributed by atoms with Gasteiger partial charge in [0.2, 0.25) is 0 Å². The molecule has 1 aromatic rings. The fourth-order valence-corrected chi connectivity index (χ4v) is 2.00. The fourth-order valence-electron chi connectivity index (χ4n) is 1.15. The van der Waals surface area contributed by atoms with E-state index in [-0.39, 0.29) is 0 Å². The van der Waals surface area contributed by atoms with E-state index >= 15 is 0 Å². The van der Waals surface area contributed by atoms with Crippen LogP contribution in [0.15, 0.2) is 6.20 Å². The summed E-state index contributed by atoms with van der Waals surface area (Å²) >= 11 is 1.73. The van der Waals surface area contributed by atoms with Gasteiger partial charge in [-0.2, -0.15) is 0 Å². The zero-order chi connectivity index (χ0) is 9.10. The van der Waals surface area contributed by atoms with Crippen LogP contribution in [-0.4, -0.2) is 18.1 Å². The van der Waals surface area contributed by atoms with E-state index in [1.54, 1.807) is 18.4 Å². The maximum atomic E-state index is 5.01. The highest BCUT2D eigenvalue weighted by Gasteiger charge is 2.20. The Bertz CT molecular complexity index is 270. The Balaban J connectivity index is 1.81. The van der Waals surface area contributed by atoms with Crippen LogP contribution in [0.1, 0.15) is 22.7 Å². The smallest absolute Gasteiger partial charge is 0.119 e. The monoisotopic (exact) mass is 198 g/mol. The van der Waals surface area contributed by atoms with Crippen molar-refractivity contribution in [1.82, 2.24) is 10.3 Å². The Hall–Kier alpha value is -0.450. The predicted octanol–water partition coefficient (Wildman–Crippen LogP) is 1.54. The van der Waals surface area contributed by atoms with Crippen molar-refractivity contribution in [1.29, 1.82) is 0 Å². The van der Waals surface area contributed by atoms with Crippen LogP contribution >= 0.6 is 11.3 Å². The molecule has 1 aliphatic rings. The third kappa shape index (κ3) is 2.76. The first-order valence-corrected chi connectivity index (χ1v) is 5.36. The SMILES string of the molecule is COCc1ncc(CNC2CC2)s1. The molecule has 0 aliphatic heterocycles. The molecule has 1 heterocycles. The molecule has 0 bridgehead atoms. The van der Waals surface area contributed by atoms with Gasteiger partial charge in [0.1, 0.15) is 5.01 Å². The van der Waals surface area contributed by atoms with Gasteiger partial charge in [0.05, 0.1) is 6.61 Å². The number of nitrogens with one attached hydrogen (secondary N) is 1. The van der Waals surface area contributed by atoms with Gasteiger partial charge >= 0.3 is 0 Å². The predicted molar refractivity (Wildman–Crippen MR) is 52.7 cm³/mol. The normalized spacial score (nSPS) is 16.4. The molecule has 0 atom stereocenters. The molecule has 1 N–H and O–H groups in total. The molecular formula is C9H14N2OS. The van der Waals surface area contributed by atoms with Crippen molar-refractivity contribution in [3.8, 4) is 0 Å². The van der Waals surface area contributed by atoms with Gasteiger partial charge in [0, 0.05) is 30.8 Å². The molecule has 2 rings (SSSR count). The number of aromatic nitrogens is 1. The molecule has 4 heteroatoms. The van der Waals surface area contributed by atoms with Gasteiger partial charge in [-0.1, -0.05) is 0 Å². The van der Waals surface area contributed by atoms with Crippen molar-refractivity contribution in [3.05, 3.63) is 16.1 Å². The summed E-state index contributed by atoms with van der Waals surface area (Å²) < 4.78 is 5.01. The van der Waals surface area contributed by atoms with Crippen molar-refractivity contribution >= 4 is 11.3 Å². The third-order valence-corrected chi connectivity index (χ3v) is 2.98. The molecule has 1 aliphatic carbocycles. The van der Waals surface area contributed by atoms with Crippen LogP contribution in [0.4, 0.5) is 0 Å². The van der Waals surface area contributed by atoms with Gasteiger partial charge in [-0.05, 0) is 12.8 Å². The molecule has 1 aromatic heterocycles. The van der Waals surface area contributed by atoms with Crippen LogP contribution in [0, 0.1) is 0 Å². The fraction of sp³-hybridized carbons (Fsp3) is 0.667.